The molecular formula is C7H10ClN3. The van der Waals surface area contributed by atoms with Gasteiger partial charge in [0.15, 0.2) is 11.0 Å². The molecule has 0 N–H and O–H groups in total. The molecule has 0 aliphatic heterocycles. The van der Waals surface area contributed by atoms with Crippen LogP contribution in [0.3, 0.4) is 0 Å². The van der Waals surface area contributed by atoms with Crippen molar-refractivity contribution < 1.29 is 0 Å². The van der Waals surface area contributed by atoms with Crippen LogP contribution in [0.1, 0.15) is 5.69 Å². The average molecular weight is 172 g/mol. The fraction of sp³-hybridized carbons (Fsp3) is 0.429. The number of hydrogen-bond acceptors (Lipinski definition) is 3. The molecule has 3 nitrogen and oxygen atoms in total. The predicted molar refractivity (Wildman–Crippen MR) is 46.1 cm³/mol. The van der Waals surface area contributed by atoms with Gasteiger partial charge in [0.1, 0.15) is 0 Å². The highest BCUT2D eigenvalue weighted by Gasteiger charge is 2.03. The van der Waals surface area contributed by atoms with Gasteiger partial charge in [0.2, 0.25) is 0 Å². The molecule has 0 spiro atoms. The van der Waals surface area contributed by atoms with Crippen molar-refractivity contribution in [2.24, 2.45) is 0 Å². The van der Waals surface area contributed by atoms with E-state index in [1.807, 2.05) is 25.9 Å². The Morgan fingerprint density at radius 3 is 2.55 bits per heavy atom. The van der Waals surface area contributed by atoms with Crippen LogP contribution in [-0.4, -0.2) is 24.1 Å². The van der Waals surface area contributed by atoms with Crippen molar-refractivity contribution in [3.63, 3.8) is 0 Å². The van der Waals surface area contributed by atoms with Crippen molar-refractivity contribution in [3.05, 3.63) is 17.0 Å². The molecule has 0 saturated carbocycles. The Balaban J connectivity index is 3.09. The first-order chi connectivity index (χ1) is 5.11. The van der Waals surface area contributed by atoms with E-state index in [2.05, 4.69) is 9.97 Å². The Hall–Kier alpha value is -0.830. The zero-order chi connectivity index (χ0) is 8.43. The average Bonchev–Trinajstić information content (AvgIpc) is 1.85. The largest absolute Gasteiger partial charge is 0.360 e. The summed E-state index contributed by atoms with van der Waals surface area (Å²) in [4.78, 5) is 9.99. The molecule has 0 radical (unpaired) electrons. The molecule has 60 valence electrons. The van der Waals surface area contributed by atoms with Crippen LogP contribution >= 0.6 is 11.6 Å². The third-order valence-corrected chi connectivity index (χ3v) is 1.51. The van der Waals surface area contributed by atoms with Crippen molar-refractivity contribution in [1.82, 2.24) is 9.97 Å². The molecule has 0 atom stereocenters. The Morgan fingerprint density at radius 1 is 1.45 bits per heavy atom. The van der Waals surface area contributed by atoms with Crippen LogP contribution in [0, 0.1) is 6.92 Å². The fourth-order valence-electron chi connectivity index (χ4n) is 0.742. The minimum Gasteiger partial charge on any atom is -0.360 e. The summed E-state index contributed by atoms with van der Waals surface area (Å²) < 4.78 is 0. The summed E-state index contributed by atoms with van der Waals surface area (Å²) in [5, 5.41) is 0.454. The van der Waals surface area contributed by atoms with Gasteiger partial charge in [-0.3, -0.25) is 0 Å². The van der Waals surface area contributed by atoms with E-state index in [1.165, 1.54) is 0 Å². The van der Waals surface area contributed by atoms with Crippen molar-refractivity contribution in [3.8, 4) is 0 Å². The first-order valence-electron chi connectivity index (χ1n) is 3.27. The van der Waals surface area contributed by atoms with Gasteiger partial charge in [-0.05, 0) is 6.92 Å². The highest BCUT2D eigenvalue weighted by Crippen LogP contribution is 2.17. The zero-order valence-corrected chi connectivity index (χ0v) is 7.55. The van der Waals surface area contributed by atoms with Gasteiger partial charge in [-0.25, -0.2) is 9.97 Å². The van der Waals surface area contributed by atoms with Crippen LogP contribution in [0.15, 0.2) is 6.20 Å². The minimum atomic E-state index is 0.454. The van der Waals surface area contributed by atoms with Gasteiger partial charge in [0, 0.05) is 14.1 Å². The van der Waals surface area contributed by atoms with Crippen LogP contribution < -0.4 is 4.90 Å². The molecule has 0 aliphatic rings. The maximum absolute atomic E-state index is 5.81. The highest BCUT2D eigenvalue weighted by atomic mass is 35.5. The minimum absolute atomic E-state index is 0.454. The summed E-state index contributed by atoms with van der Waals surface area (Å²) in [5.74, 6) is 0.706. The summed E-state index contributed by atoms with van der Waals surface area (Å²) in [7, 11) is 3.76. The molecule has 1 aromatic heterocycles. The van der Waals surface area contributed by atoms with Gasteiger partial charge >= 0.3 is 0 Å². The lowest BCUT2D eigenvalue weighted by Crippen LogP contribution is -2.11. The van der Waals surface area contributed by atoms with Gasteiger partial charge in [0.05, 0.1) is 11.9 Å². The summed E-state index contributed by atoms with van der Waals surface area (Å²) >= 11 is 5.81. The van der Waals surface area contributed by atoms with E-state index in [4.69, 9.17) is 11.6 Å². The molecule has 1 rings (SSSR count). The molecule has 0 aliphatic carbocycles. The molecule has 0 unspecified atom stereocenters. The van der Waals surface area contributed by atoms with E-state index in [0.717, 1.165) is 5.69 Å². The molecule has 0 fully saturated rings. The quantitative estimate of drug-likeness (QED) is 0.642. The SMILES string of the molecule is Cc1cnc(N(C)C)c(Cl)n1. The number of halogens is 1. The van der Waals surface area contributed by atoms with Crippen molar-refractivity contribution >= 4 is 17.4 Å². The number of aryl methyl sites for hydroxylation is 1. The first kappa shape index (κ1) is 8.27. The van der Waals surface area contributed by atoms with Crippen LogP contribution in [0.4, 0.5) is 5.82 Å². The second-order valence-electron chi connectivity index (χ2n) is 2.52. The van der Waals surface area contributed by atoms with Crippen LogP contribution in [-0.2, 0) is 0 Å². The van der Waals surface area contributed by atoms with Gasteiger partial charge < -0.3 is 4.90 Å². The molecule has 0 amide bonds. The topological polar surface area (TPSA) is 29.0 Å². The summed E-state index contributed by atoms with van der Waals surface area (Å²) in [5.41, 5.74) is 0.834. The lowest BCUT2D eigenvalue weighted by molar-refractivity contribution is 1.02. The second kappa shape index (κ2) is 3.05. The third-order valence-electron chi connectivity index (χ3n) is 1.26. The van der Waals surface area contributed by atoms with Gasteiger partial charge in [-0.2, -0.15) is 0 Å². The summed E-state index contributed by atoms with van der Waals surface area (Å²) in [6.45, 7) is 1.86. The Morgan fingerprint density at radius 2 is 2.09 bits per heavy atom. The van der Waals surface area contributed by atoms with Crippen LogP contribution in [0.2, 0.25) is 5.15 Å². The molecule has 11 heavy (non-hydrogen) atoms. The van der Waals surface area contributed by atoms with E-state index in [1.54, 1.807) is 6.20 Å². The molecule has 0 saturated heterocycles. The molecule has 1 aromatic rings. The number of aromatic nitrogens is 2. The molecular weight excluding hydrogens is 162 g/mol. The van der Waals surface area contributed by atoms with E-state index in [0.29, 0.717) is 11.0 Å². The Bertz CT molecular complexity index is 260. The Labute approximate surface area is 71.0 Å². The second-order valence-corrected chi connectivity index (χ2v) is 2.88. The molecule has 4 heteroatoms. The Kier molecular flexibility index (Phi) is 2.29. The molecule has 0 aromatic carbocycles. The number of anilines is 1. The maximum Gasteiger partial charge on any atom is 0.171 e. The summed E-state index contributed by atoms with van der Waals surface area (Å²) in [6.07, 6.45) is 1.70. The zero-order valence-electron chi connectivity index (χ0n) is 6.80. The number of rotatable bonds is 1. The van der Waals surface area contributed by atoms with Gasteiger partial charge in [0.25, 0.3) is 0 Å². The highest BCUT2D eigenvalue weighted by molar-refractivity contribution is 6.31. The van der Waals surface area contributed by atoms with Crippen LogP contribution in [0.25, 0.3) is 0 Å². The van der Waals surface area contributed by atoms with Gasteiger partial charge in [-0.1, -0.05) is 11.6 Å². The van der Waals surface area contributed by atoms with Crippen molar-refractivity contribution in [2.45, 2.75) is 6.92 Å². The van der Waals surface area contributed by atoms with E-state index in [-0.39, 0.29) is 0 Å². The van der Waals surface area contributed by atoms with Crippen LogP contribution in [0.5, 0.6) is 0 Å². The molecule has 0 bridgehead atoms. The first-order valence-corrected chi connectivity index (χ1v) is 3.65. The monoisotopic (exact) mass is 171 g/mol. The standard InChI is InChI=1S/C7H10ClN3/c1-5-4-9-7(11(2)3)6(8)10-5/h4H,1-3H3. The lowest BCUT2D eigenvalue weighted by atomic mass is 10.5. The number of nitrogens with zero attached hydrogens (tertiary/aromatic N) is 3. The smallest absolute Gasteiger partial charge is 0.171 e. The van der Waals surface area contributed by atoms with E-state index in [9.17, 15) is 0 Å². The fourth-order valence-corrected chi connectivity index (χ4v) is 1.09. The third kappa shape index (κ3) is 1.80. The van der Waals surface area contributed by atoms with E-state index >= 15 is 0 Å². The normalized spacial score (nSPS) is 9.82. The summed E-state index contributed by atoms with van der Waals surface area (Å²) in [6, 6.07) is 0. The van der Waals surface area contributed by atoms with Crippen molar-refractivity contribution in [1.29, 1.82) is 0 Å². The maximum atomic E-state index is 5.81. The lowest BCUT2D eigenvalue weighted by Gasteiger charge is -2.11. The predicted octanol–water partition coefficient (Wildman–Crippen LogP) is 1.50. The van der Waals surface area contributed by atoms with Gasteiger partial charge in [-0.15, -0.1) is 0 Å². The van der Waals surface area contributed by atoms with Crippen molar-refractivity contribution in [2.75, 3.05) is 19.0 Å². The molecule has 1 heterocycles. The van der Waals surface area contributed by atoms with E-state index < -0.39 is 0 Å². The number of hydrogen-bond donors (Lipinski definition) is 0.